The Morgan fingerprint density at radius 1 is 1.25 bits per heavy atom. The van der Waals surface area contributed by atoms with Crippen LogP contribution in [-0.2, 0) is 0 Å². The molecule has 2 nitrogen and oxygen atoms in total. The molecule has 0 radical (unpaired) electrons. The molecule has 0 bridgehead atoms. The summed E-state index contributed by atoms with van der Waals surface area (Å²) in [6, 6.07) is 6.28. The molecule has 1 unspecified atom stereocenters. The summed E-state index contributed by atoms with van der Waals surface area (Å²) in [5.41, 5.74) is 9.22. The number of aliphatic hydroxyl groups is 1. The standard InChI is InChI=1S/C14H21NO/c1-10-6-11(2)8-12(7-10)13(16)14(9-15)4-3-5-14/h6-8,13,16H,3-5,9,15H2,1-2H3. The first-order valence-electron chi connectivity index (χ1n) is 6.04. The van der Waals surface area contributed by atoms with Crippen LogP contribution in [0.1, 0.15) is 42.1 Å². The third kappa shape index (κ3) is 1.87. The van der Waals surface area contributed by atoms with Crippen LogP contribution in [0, 0.1) is 19.3 Å². The molecular weight excluding hydrogens is 198 g/mol. The van der Waals surface area contributed by atoms with E-state index in [9.17, 15) is 5.11 Å². The molecule has 3 N–H and O–H groups in total. The summed E-state index contributed by atoms with van der Waals surface area (Å²) in [7, 11) is 0. The summed E-state index contributed by atoms with van der Waals surface area (Å²) in [5, 5.41) is 10.5. The van der Waals surface area contributed by atoms with Crippen LogP contribution in [-0.4, -0.2) is 11.7 Å². The summed E-state index contributed by atoms with van der Waals surface area (Å²) in [6.07, 6.45) is 2.90. The van der Waals surface area contributed by atoms with Gasteiger partial charge in [0.2, 0.25) is 0 Å². The number of aryl methyl sites for hydroxylation is 2. The van der Waals surface area contributed by atoms with Crippen LogP contribution in [0.4, 0.5) is 0 Å². The minimum Gasteiger partial charge on any atom is -0.388 e. The van der Waals surface area contributed by atoms with Gasteiger partial charge in [-0.15, -0.1) is 0 Å². The van der Waals surface area contributed by atoms with Gasteiger partial charge in [0, 0.05) is 12.0 Å². The third-order valence-electron chi connectivity index (χ3n) is 3.90. The summed E-state index contributed by atoms with van der Waals surface area (Å²) in [5.74, 6) is 0. The van der Waals surface area contributed by atoms with Crippen molar-refractivity contribution in [2.45, 2.75) is 39.2 Å². The fourth-order valence-corrected chi connectivity index (χ4v) is 2.74. The first-order valence-corrected chi connectivity index (χ1v) is 6.04. The molecule has 0 spiro atoms. The lowest BCUT2D eigenvalue weighted by Crippen LogP contribution is -2.42. The van der Waals surface area contributed by atoms with Crippen molar-refractivity contribution in [1.82, 2.24) is 0 Å². The van der Waals surface area contributed by atoms with Gasteiger partial charge in [-0.25, -0.2) is 0 Å². The molecule has 0 amide bonds. The number of rotatable bonds is 3. The highest BCUT2D eigenvalue weighted by Crippen LogP contribution is 2.49. The summed E-state index contributed by atoms with van der Waals surface area (Å²) >= 11 is 0. The van der Waals surface area contributed by atoms with E-state index in [4.69, 9.17) is 5.73 Å². The smallest absolute Gasteiger partial charge is 0.0858 e. The van der Waals surface area contributed by atoms with Gasteiger partial charge in [0.1, 0.15) is 0 Å². The van der Waals surface area contributed by atoms with Crippen molar-refractivity contribution < 1.29 is 5.11 Å². The summed E-state index contributed by atoms with van der Waals surface area (Å²) in [6.45, 7) is 4.72. The first-order chi connectivity index (χ1) is 7.57. The van der Waals surface area contributed by atoms with Gasteiger partial charge in [0.05, 0.1) is 6.10 Å². The maximum absolute atomic E-state index is 10.5. The van der Waals surface area contributed by atoms with Crippen LogP contribution in [0.5, 0.6) is 0 Å². The predicted octanol–water partition coefficient (Wildman–Crippen LogP) is 2.47. The number of nitrogens with two attached hydrogens (primary N) is 1. The molecule has 1 aromatic rings. The highest BCUT2D eigenvalue weighted by Gasteiger charge is 2.42. The molecule has 0 aliphatic heterocycles. The maximum atomic E-state index is 10.5. The van der Waals surface area contributed by atoms with Crippen molar-refractivity contribution in [3.05, 3.63) is 34.9 Å². The van der Waals surface area contributed by atoms with Crippen molar-refractivity contribution in [2.24, 2.45) is 11.1 Å². The molecule has 1 fully saturated rings. The van der Waals surface area contributed by atoms with Gasteiger partial charge in [-0.05, 0) is 32.3 Å². The quantitative estimate of drug-likeness (QED) is 0.820. The van der Waals surface area contributed by atoms with Crippen LogP contribution in [0.2, 0.25) is 0 Å². The minimum absolute atomic E-state index is 0.0553. The molecule has 2 rings (SSSR count). The van der Waals surface area contributed by atoms with E-state index in [2.05, 4.69) is 32.0 Å². The lowest BCUT2D eigenvalue weighted by Gasteiger charge is -2.45. The Bertz CT molecular complexity index is 357. The van der Waals surface area contributed by atoms with E-state index in [0.29, 0.717) is 6.54 Å². The Balaban J connectivity index is 2.29. The van der Waals surface area contributed by atoms with E-state index in [0.717, 1.165) is 18.4 Å². The van der Waals surface area contributed by atoms with Crippen LogP contribution < -0.4 is 5.73 Å². The molecule has 1 aromatic carbocycles. The molecule has 88 valence electrons. The zero-order valence-corrected chi connectivity index (χ0v) is 10.2. The SMILES string of the molecule is Cc1cc(C)cc(C(O)C2(CN)CCC2)c1. The lowest BCUT2D eigenvalue weighted by atomic mass is 9.63. The fourth-order valence-electron chi connectivity index (χ4n) is 2.74. The molecule has 1 aliphatic rings. The van der Waals surface area contributed by atoms with Crippen molar-refractivity contribution >= 4 is 0 Å². The van der Waals surface area contributed by atoms with E-state index in [1.807, 2.05) is 0 Å². The topological polar surface area (TPSA) is 46.2 Å². The second kappa shape index (κ2) is 4.19. The Kier molecular flexibility index (Phi) is 3.04. The molecule has 2 heteroatoms. The van der Waals surface area contributed by atoms with Crippen LogP contribution in [0.15, 0.2) is 18.2 Å². The van der Waals surface area contributed by atoms with E-state index in [1.165, 1.54) is 17.5 Å². The number of hydrogen-bond acceptors (Lipinski definition) is 2. The van der Waals surface area contributed by atoms with Crippen LogP contribution >= 0.6 is 0 Å². The molecule has 0 saturated heterocycles. The predicted molar refractivity (Wildman–Crippen MR) is 66.2 cm³/mol. The Hall–Kier alpha value is -0.860. The molecule has 1 aliphatic carbocycles. The van der Waals surface area contributed by atoms with Crippen LogP contribution in [0.3, 0.4) is 0 Å². The van der Waals surface area contributed by atoms with Gasteiger partial charge in [-0.3, -0.25) is 0 Å². The van der Waals surface area contributed by atoms with Crippen molar-refractivity contribution in [3.63, 3.8) is 0 Å². The molecule has 1 saturated carbocycles. The summed E-state index contributed by atoms with van der Waals surface area (Å²) in [4.78, 5) is 0. The van der Waals surface area contributed by atoms with Crippen molar-refractivity contribution in [1.29, 1.82) is 0 Å². The average molecular weight is 219 g/mol. The Morgan fingerprint density at radius 2 is 1.81 bits per heavy atom. The normalized spacial score (nSPS) is 20.2. The zero-order chi connectivity index (χ0) is 11.8. The van der Waals surface area contributed by atoms with E-state index in [1.54, 1.807) is 0 Å². The van der Waals surface area contributed by atoms with Gasteiger partial charge in [-0.1, -0.05) is 35.7 Å². The van der Waals surface area contributed by atoms with E-state index >= 15 is 0 Å². The first kappa shape index (κ1) is 11.6. The molecule has 0 heterocycles. The molecule has 0 aromatic heterocycles. The van der Waals surface area contributed by atoms with E-state index < -0.39 is 6.10 Å². The van der Waals surface area contributed by atoms with E-state index in [-0.39, 0.29) is 5.41 Å². The maximum Gasteiger partial charge on any atom is 0.0858 e. The monoisotopic (exact) mass is 219 g/mol. The lowest BCUT2D eigenvalue weighted by molar-refractivity contribution is -0.0297. The number of benzene rings is 1. The van der Waals surface area contributed by atoms with Crippen molar-refractivity contribution in [2.75, 3.05) is 6.54 Å². The zero-order valence-electron chi connectivity index (χ0n) is 10.2. The summed E-state index contributed by atoms with van der Waals surface area (Å²) < 4.78 is 0. The van der Waals surface area contributed by atoms with Crippen LogP contribution in [0.25, 0.3) is 0 Å². The van der Waals surface area contributed by atoms with Gasteiger partial charge in [0.15, 0.2) is 0 Å². The number of aliphatic hydroxyl groups excluding tert-OH is 1. The fraction of sp³-hybridized carbons (Fsp3) is 0.571. The second-order valence-corrected chi connectivity index (χ2v) is 5.24. The van der Waals surface area contributed by atoms with Gasteiger partial charge in [-0.2, -0.15) is 0 Å². The third-order valence-corrected chi connectivity index (χ3v) is 3.90. The molecular formula is C14H21NO. The Labute approximate surface area is 97.5 Å². The van der Waals surface area contributed by atoms with Gasteiger partial charge >= 0.3 is 0 Å². The highest BCUT2D eigenvalue weighted by atomic mass is 16.3. The highest BCUT2D eigenvalue weighted by molar-refractivity contribution is 5.31. The van der Waals surface area contributed by atoms with Crippen molar-refractivity contribution in [3.8, 4) is 0 Å². The number of hydrogen-bond donors (Lipinski definition) is 2. The molecule has 1 atom stereocenters. The van der Waals surface area contributed by atoms with Gasteiger partial charge in [0.25, 0.3) is 0 Å². The second-order valence-electron chi connectivity index (χ2n) is 5.24. The Morgan fingerprint density at radius 3 is 2.19 bits per heavy atom. The largest absolute Gasteiger partial charge is 0.388 e. The average Bonchev–Trinajstić information content (AvgIpc) is 2.15. The van der Waals surface area contributed by atoms with Gasteiger partial charge < -0.3 is 10.8 Å². The molecule has 16 heavy (non-hydrogen) atoms. The minimum atomic E-state index is -0.398.